The summed E-state index contributed by atoms with van der Waals surface area (Å²) in [6.07, 6.45) is -3.89. The molecule has 0 amide bonds. The molecule has 0 aliphatic rings. The van der Waals surface area contributed by atoms with Gasteiger partial charge in [-0.05, 0) is 12.1 Å². The van der Waals surface area contributed by atoms with Crippen molar-refractivity contribution in [1.29, 1.82) is 0 Å². The summed E-state index contributed by atoms with van der Waals surface area (Å²) >= 11 is 0. The third kappa shape index (κ3) is 3.19. The van der Waals surface area contributed by atoms with Crippen LogP contribution < -0.4 is 0 Å². The lowest BCUT2D eigenvalue weighted by atomic mass is 9.99. The maximum Gasteiger partial charge on any atom is 0.335 e. The molecular formula is C11H12O7. The number of aliphatic carboxylic acids is 1. The molecule has 0 spiro atoms. The van der Waals surface area contributed by atoms with Crippen LogP contribution in [0, 0.1) is 0 Å². The van der Waals surface area contributed by atoms with Crippen LogP contribution >= 0.6 is 0 Å². The van der Waals surface area contributed by atoms with Gasteiger partial charge in [0.15, 0.2) is 0 Å². The SMILES string of the molecule is O=C(O)CC(O)C(O)c1ccc(C(=O)O)cc1O. The first-order chi connectivity index (χ1) is 8.32. The van der Waals surface area contributed by atoms with E-state index in [9.17, 15) is 24.9 Å². The molecule has 2 unspecified atom stereocenters. The maximum absolute atomic E-state index is 10.6. The van der Waals surface area contributed by atoms with Gasteiger partial charge < -0.3 is 25.5 Å². The second-order valence-corrected chi connectivity index (χ2v) is 3.69. The molecule has 1 aromatic carbocycles. The molecule has 0 aliphatic heterocycles. The van der Waals surface area contributed by atoms with Crippen molar-refractivity contribution in [3.05, 3.63) is 29.3 Å². The standard InChI is InChI=1S/C11H12O7/c12-7-3-5(11(17)18)1-2-6(7)10(16)8(13)4-9(14)15/h1-3,8,10,12-13,16H,4H2,(H,14,15)(H,17,18). The first-order valence-electron chi connectivity index (χ1n) is 4.97. The number of carbonyl (C=O) groups is 2. The lowest BCUT2D eigenvalue weighted by Gasteiger charge is -2.17. The molecule has 0 aliphatic carbocycles. The first-order valence-corrected chi connectivity index (χ1v) is 4.97. The van der Waals surface area contributed by atoms with Crippen molar-refractivity contribution in [1.82, 2.24) is 0 Å². The van der Waals surface area contributed by atoms with E-state index in [2.05, 4.69) is 0 Å². The molecule has 0 saturated heterocycles. The second-order valence-electron chi connectivity index (χ2n) is 3.69. The normalized spacial score (nSPS) is 13.9. The Labute approximate surface area is 102 Å². The summed E-state index contributed by atoms with van der Waals surface area (Å²) in [7, 11) is 0. The van der Waals surface area contributed by atoms with Crippen molar-refractivity contribution in [2.75, 3.05) is 0 Å². The molecule has 7 heteroatoms. The second kappa shape index (κ2) is 5.48. The molecule has 0 heterocycles. The van der Waals surface area contributed by atoms with E-state index in [4.69, 9.17) is 10.2 Å². The Balaban J connectivity index is 2.96. The van der Waals surface area contributed by atoms with Gasteiger partial charge in [0.25, 0.3) is 0 Å². The summed E-state index contributed by atoms with van der Waals surface area (Å²) in [5.74, 6) is -3.08. The Morgan fingerprint density at radius 3 is 2.22 bits per heavy atom. The van der Waals surface area contributed by atoms with E-state index in [1.165, 1.54) is 0 Å². The van der Waals surface area contributed by atoms with Gasteiger partial charge in [0, 0.05) is 5.56 Å². The number of carboxylic acids is 2. The number of rotatable bonds is 5. The summed E-state index contributed by atoms with van der Waals surface area (Å²) in [6.45, 7) is 0. The third-order valence-corrected chi connectivity index (χ3v) is 2.34. The van der Waals surface area contributed by atoms with Crippen LogP contribution in [-0.2, 0) is 4.79 Å². The zero-order valence-corrected chi connectivity index (χ0v) is 9.15. The molecule has 1 aromatic rings. The number of phenolic OH excluding ortho intramolecular Hbond substituents is 1. The molecule has 5 N–H and O–H groups in total. The Morgan fingerprint density at radius 2 is 1.78 bits per heavy atom. The van der Waals surface area contributed by atoms with E-state index in [-0.39, 0.29) is 11.1 Å². The predicted octanol–water partition coefficient (Wildman–Crippen LogP) is -0.0406. The number of aromatic hydroxyl groups is 1. The summed E-state index contributed by atoms with van der Waals surface area (Å²) in [6, 6.07) is 3.16. The van der Waals surface area contributed by atoms with Crippen LogP contribution in [0.3, 0.4) is 0 Å². The number of aliphatic hydroxyl groups excluding tert-OH is 2. The van der Waals surface area contributed by atoms with Gasteiger partial charge in [-0.3, -0.25) is 4.79 Å². The molecule has 18 heavy (non-hydrogen) atoms. The molecule has 0 radical (unpaired) electrons. The third-order valence-electron chi connectivity index (χ3n) is 2.34. The summed E-state index contributed by atoms with van der Waals surface area (Å²) in [4.78, 5) is 21.0. The minimum atomic E-state index is -1.61. The molecule has 0 saturated carbocycles. The Kier molecular flexibility index (Phi) is 4.24. The Hall–Kier alpha value is -2.12. The van der Waals surface area contributed by atoms with E-state index in [1.807, 2.05) is 0 Å². The fourth-order valence-corrected chi connectivity index (χ4v) is 1.42. The maximum atomic E-state index is 10.6. The number of phenols is 1. The average molecular weight is 256 g/mol. The van der Waals surface area contributed by atoms with Crippen molar-refractivity contribution in [3.63, 3.8) is 0 Å². The van der Waals surface area contributed by atoms with Crippen LogP contribution in [0.4, 0.5) is 0 Å². The van der Waals surface area contributed by atoms with E-state index >= 15 is 0 Å². The van der Waals surface area contributed by atoms with E-state index in [1.54, 1.807) is 0 Å². The highest BCUT2D eigenvalue weighted by Gasteiger charge is 2.24. The quantitative estimate of drug-likeness (QED) is 0.498. The minimum absolute atomic E-state index is 0.131. The average Bonchev–Trinajstić information content (AvgIpc) is 2.26. The largest absolute Gasteiger partial charge is 0.508 e. The number of hydrogen-bond donors (Lipinski definition) is 5. The molecule has 98 valence electrons. The fourth-order valence-electron chi connectivity index (χ4n) is 1.42. The Morgan fingerprint density at radius 1 is 1.17 bits per heavy atom. The highest BCUT2D eigenvalue weighted by molar-refractivity contribution is 5.88. The molecule has 0 fully saturated rings. The number of hydrogen-bond acceptors (Lipinski definition) is 5. The van der Waals surface area contributed by atoms with Crippen LogP contribution in [0.15, 0.2) is 18.2 Å². The van der Waals surface area contributed by atoms with Crippen LogP contribution in [-0.4, -0.2) is 43.6 Å². The zero-order chi connectivity index (χ0) is 13.9. The van der Waals surface area contributed by atoms with E-state index in [0.717, 1.165) is 18.2 Å². The highest BCUT2D eigenvalue weighted by atomic mass is 16.4. The molecule has 0 aromatic heterocycles. The number of benzene rings is 1. The zero-order valence-electron chi connectivity index (χ0n) is 9.15. The van der Waals surface area contributed by atoms with Crippen molar-refractivity contribution in [2.45, 2.75) is 18.6 Å². The van der Waals surface area contributed by atoms with Gasteiger partial charge in [0.05, 0.1) is 18.1 Å². The minimum Gasteiger partial charge on any atom is -0.508 e. The monoisotopic (exact) mass is 256 g/mol. The predicted molar refractivity (Wildman–Crippen MR) is 58.3 cm³/mol. The lowest BCUT2D eigenvalue weighted by molar-refractivity contribution is -0.141. The molecular weight excluding hydrogens is 244 g/mol. The van der Waals surface area contributed by atoms with Gasteiger partial charge in [0.1, 0.15) is 11.9 Å². The van der Waals surface area contributed by atoms with Crippen LogP contribution in [0.25, 0.3) is 0 Å². The molecule has 2 atom stereocenters. The number of carboxylic acid groups (broad SMARTS) is 2. The summed E-state index contributed by atoms with van der Waals surface area (Å²) < 4.78 is 0. The van der Waals surface area contributed by atoms with Gasteiger partial charge in [-0.15, -0.1) is 0 Å². The summed E-state index contributed by atoms with van der Waals surface area (Å²) in [5, 5.41) is 45.6. The van der Waals surface area contributed by atoms with Crippen molar-refractivity contribution < 1.29 is 35.1 Å². The van der Waals surface area contributed by atoms with Gasteiger partial charge in [-0.1, -0.05) is 6.07 Å². The van der Waals surface area contributed by atoms with E-state index in [0.29, 0.717) is 0 Å². The molecule has 1 rings (SSSR count). The fraction of sp³-hybridized carbons (Fsp3) is 0.273. The molecule has 0 bridgehead atoms. The van der Waals surface area contributed by atoms with Crippen LogP contribution in [0.1, 0.15) is 28.4 Å². The van der Waals surface area contributed by atoms with Gasteiger partial charge in [-0.25, -0.2) is 4.79 Å². The van der Waals surface area contributed by atoms with Crippen LogP contribution in [0.5, 0.6) is 5.75 Å². The lowest BCUT2D eigenvalue weighted by Crippen LogP contribution is -2.21. The Bertz CT molecular complexity index is 468. The van der Waals surface area contributed by atoms with Crippen LogP contribution in [0.2, 0.25) is 0 Å². The summed E-state index contributed by atoms with van der Waals surface area (Å²) in [5.41, 5.74) is -0.315. The molecule has 7 nitrogen and oxygen atoms in total. The highest BCUT2D eigenvalue weighted by Crippen LogP contribution is 2.28. The smallest absolute Gasteiger partial charge is 0.335 e. The van der Waals surface area contributed by atoms with Crippen molar-refractivity contribution in [2.24, 2.45) is 0 Å². The van der Waals surface area contributed by atoms with Gasteiger partial charge in [-0.2, -0.15) is 0 Å². The first kappa shape index (κ1) is 13.9. The topological polar surface area (TPSA) is 135 Å². The number of aliphatic hydroxyl groups is 2. The van der Waals surface area contributed by atoms with Gasteiger partial charge in [0.2, 0.25) is 0 Å². The van der Waals surface area contributed by atoms with Crippen molar-refractivity contribution >= 4 is 11.9 Å². The van der Waals surface area contributed by atoms with Crippen molar-refractivity contribution in [3.8, 4) is 5.75 Å². The van der Waals surface area contributed by atoms with E-state index < -0.39 is 36.3 Å². The number of aromatic carboxylic acids is 1. The van der Waals surface area contributed by atoms with Gasteiger partial charge >= 0.3 is 11.9 Å².